The van der Waals surface area contributed by atoms with Crippen molar-refractivity contribution >= 4 is 12.0 Å². The van der Waals surface area contributed by atoms with E-state index in [0.717, 1.165) is 6.08 Å². The summed E-state index contributed by atoms with van der Waals surface area (Å²) < 4.78 is 1.60. The fourth-order valence-corrected chi connectivity index (χ4v) is 0.708. The Bertz CT molecular complexity index is 327. The average molecular weight is 168 g/mol. The molecule has 0 atom stereocenters. The normalized spacial score (nSPS) is 11.6. The molecule has 0 spiro atoms. The van der Waals surface area contributed by atoms with E-state index in [1.807, 2.05) is 0 Å². The second-order valence-corrected chi connectivity index (χ2v) is 2.26. The number of carboxylic acid groups (broad SMARTS) is 1. The summed E-state index contributed by atoms with van der Waals surface area (Å²) in [4.78, 5) is 13.9. The SMILES string of the molecule is Cn1cncc1C=C(O)C(=O)O. The van der Waals surface area contributed by atoms with Crippen LogP contribution < -0.4 is 0 Å². The highest BCUT2D eigenvalue weighted by atomic mass is 16.4. The number of aromatic nitrogens is 2. The molecule has 0 unspecified atom stereocenters. The van der Waals surface area contributed by atoms with E-state index in [0.29, 0.717) is 5.69 Å². The Labute approximate surface area is 68.6 Å². The zero-order chi connectivity index (χ0) is 9.14. The van der Waals surface area contributed by atoms with E-state index in [1.54, 1.807) is 11.6 Å². The first-order chi connectivity index (χ1) is 5.61. The molecule has 12 heavy (non-hydrogen) atoms. The number of hydrogen-bond donors (Lipinski definition) is 2. The summed E-state index contributed by atoms with van der Waals surface area (Å²) in [7, 11) is 1.70. The molecule has 1 aromatic rings. The minimum Gasteiger partial charge on any atom is -0.502 e. The number of hydrogen-bond acceptors (Lipinski definition) is 3. The lowest BCUT2D eigenvalue weighted by molar-refractivity contribution is -0.135. The average Bonchev–Trinajstić information content (AvgIpc) is 2.36. The summed E-state index contributed by atoms with van der Waals surface area (Å²) in [6, 6.07) is 0. The Hall–Kier alpha value is -1.78. The first-order valence-electron chi connectivity index (χ1n) is 3.21. The van der Waals surface area contributed by atoms with Gasteiger partial charge in [0.05, 0.1) is 18.2 Å². The molecule has 0 aliphatic heterocycles. The minimum atomic E-state index is -1.35. The third-order valence-corrected chi connectivity index (χ3v) is 1.36. The third-order valence-electron chi connectivity index (χ3n) is 1.36. The van der Waals surface area contributed by atoms with Crippen LogP contribution >= 0.6 is 0 Å². The van der Waals surface area contributed by atoms with Gasteiger partial charge in [-0.1, -0.05) is 0 Å². The van der Waals surface area contributed by atoms with Crippen molar-refractivity contribution in [2.24, 2.45) is 7.05 Å². The Balaban J connectivity index is 2.95. The molecule has 64 valence electrons. The number of aryl methyl sites for hydroxylation is 1. The number of aliphatic carboxylic acids is 1. The number of carboxylic acids is 1. The molecule has 0 saturated heterocycles. The molecule has 0 aliphatic rings. The molecule has 1 rings (SSSR count). The van der Waals surface area contributed by atoms with E-state index in [-0.39, 0.29) is 0 Å². The fraction of sp³-hybridized carbons (Fsp3) is 0.143. The van der Waals surface area contributed by atoms with Crippen LogP contribution in [0.5, 0.6) is 0 Å². The molecule has 5 nitrogen and oxygen atoms in total. The highest BCUT2D eigenvalue weighted by Crippen LogP contribution is 2.02. The van der Waals surface area contributed by atoms with Gasteiger partial charge in [0.25, 0.3) is 0 Å². The number of carbonyl (C=O) groups is 1. The summed E-state index contributed by atoms with van der Waals surface area (Å²) in [6.45, 7) is 0. The lowest BCUT2D eigenvalue weighted by atomic mass is 10.3. The van der Waals surface area contributed by atoms with Gasteiger partial charge in [0.2, 0.25) is 5.76 Å². The first kappa shape index (κ1) is 8.32. The van der Waals surface area contributed by atoms with Crippen LogP contribution in [0.15, 0.2) is 18.3 Å². The van der Waals surface area contributed by atoms with Crippen LogP contribution in [0.2, 0.25) is 0 Å². The van der Waals surface area contributed by atoms with E-state index in [1.165, 1.54) is 12.5 Å². The smallest absolute Gasteiger partial charge is 0.371 e. The molecule has 0 radical (unpaired) electrons. The van der Waals surface area contributed by atoms with Gasteiger partial charge < -0.3 is 14.8 Å². The minimum absolute atomic E-state index is 0.537. The Morgan fingerprint density at radius 1 is 1.67 bits per heavy atom. The number of nitrogens with zero attached hydrogens (tertiary/aromatic N) is 2. The Morgan fingerprint density at radius 2 is 2.33 bits per heavy atom. The lowest BCUT2D eigenvalue weighted by Gasteiger charge is -1.94. The van der Waals surface area contributed by atoms with Crippen molar-refractivity contribution < 1.29 is 15.0 Å². The van der Waals surface area contributed by atoms with Gasteiger partial charge in [-0.3, -0.25) is 0 Å². The van der Waals surface area contributed by atoms with Crippen LogP contribution in [0, 0.1) is 0 Å². The maximum atomic E-state index is 10.2. The van der Waals surface area contributed by atoms with Gasteiger partial charge >= 0.3 is 5.97 Å². The molecule has 0 aliphatic carbocycles. The van der Waals surface area contributed by atoms with E-state index in [4.69, 9.17) is 10.2 Å². The molecular formula is C7H8N2O3. The fourth-order valence-electron chi connectivity index (χ4n) is 0.708. The van der Waals surface area contributed by atoms with E-state index < -0.39 is 11.7 Å². The molecule has 5 heteroatoms. The summed E-state index contributed by atoms with van der Waals surface area (Å²) in [5.74, 6) is -2.05. The second kappa shape index (κ2) is 3.08. The highest BCUT2D eigenvalue weighted by molar-refractivity contribution is 5.88. The van der Waals surface area contributed by atoms with Gasteiger partial charge in [-0.2, -0.15) is 0 Å². The molecule has 0 amide bonds. The van der Waals surface area contributed by atoms with Gasteiger partial charge in [0.1, 0.15) is 0 Å². The largest absolute Gasteiger partial charge is 0.502 e. The Morgan fingerprint density at radius 3 is 2.75 bits per heavy atom. The molecule has 0 bridgehead atoms. The predicted molar refractivity (Wildman–Crippen MR) is 41.4 cm³/mol. The summed E-state index contributed by atoms with van der Waals surface area (Å²) in [5, 5.41) is 17.2. The predicted octanol–water partition coefficient (Wildman–Crippen LogP) is 0.404. The first-order valence-corrected chi connectivity index (χ1v) is 3.21. The van der Waals surface area contributed by atoms with Gasteiger partial charge in [-0.15, -0.1) is 0 Å². The molecular weight excluding hydrogens is 160 g/mol. The maximum Gasteiger partial charge on any atom is 0.371 e. The van der Waals surface area contributed by atoms with Crippen LogP contribution in [0.4, 0.5) is 0 Å². The van der Waals surface area contributed by atoms with E-state index in [9.17, 15) is 4.79 Å². The van der Waals surface area contributed by atoms with Crippen LogP contribution in [0.25, 0.3) is 6.08 Å². The lowest BCUT2D eigenvalue weighted by Crippen LogP contribution is -1.99. The van der Waals surface area contributed by atoms with Crippen molar-refractivity contribution in [1.29, 1.82) is 0 Å². The van der Waals surface area contributed by atoms with Gasteiger partial charge in [0, 0.05) is 13.1 Å². The van der Waals surface area contributed by atoms with E-state index in [2.05, 4.69) is 4.98 Å². The number of rotatable bonds is 2. The maximum absolute atomic E-state index is 10.2. The molecule has 1 heterocycles. The summed E-state index contributed by atoms with van der Waals surface area (Å²) >= 11 is 0. The number of aliphatic hydroxyl groups is 1. The topological polar surface area (TPSA) is 75.3 Å². The van der Waals surface area contributed by atoms with Crippen molar-refractivity contribution in [3.63, 3.8) is 0 Å². The molecule has 0 aromatic carbocycles. The van der Waals surface area contributed by atoms with Crippen molar-refractivity contribution in [1.82, 2.24) is 9.55 Å². The standard InChI is InChI=1S/C7H8N2O3/c1-9-4-8-3-5(9)2-6(10)7(11)12/h2-4,10H,1H3,(H,11,12). The molecule has 0 fully saturated rings. The third kappa shape index (κ3) is 1.63. The zero-order valence-corrected chi connectivity index (χ0v) is 6.43. The van der Waals surface area contributed by atoms with Gasteiger partial charge in [-0.05, 0) is 0 Å². The zero-order valence-electron chi connectivity index (χ0n) is 6.43. The Kier molecular flexibility index (Phi) is 2.14. The van der Waals surface area contributed by atoms with E-state index >= 15 is 0 Å². The van der Waals surface area contributed by atoms with Crippen LogP contribution in [-0.2, 0) is 11.8 Å². The monoisotopic (exact) mass is 168 g/mol. The quantitative estimate of drug-likeness (QED) is 0.495. The summed E-state index contributed by atoms with van der Waals surface area (Å²) in [5.41, 5.74) is 0.537. The number of aliphatic hydroxyl groups excluding tert-OH is 1. The van der Waals surface area contributed by atoms with Crippen molar-refractivity contribution in [2.75, 3.05) is 0 Å². The molecule has 1 aromatic heterocycles. The van der Waals surface area contributed by atoms with Crippen LogP contribution in [0.3, 0.4) is 0 Å². The number of imidazole rings is 1. The van der Waals surface area contributed by atoms with Gasteiger partial charge in [0.15, 0.2) is 0 Å². The summed E-state index contributed by atoms with van der Waals surface area (Å²) in [6.07, 6.45) is 4.11. The molecule has 2 N–H and O–H groups in total. The highest BCUT2D eigenvalue weighted by Gasteiger charge is 2.04. The van der Waals surface area contributed by atoms with Crippen LogP contribution in [-0.4, -0.2) is 25.7 Å². The van der Waals surface area contributed by atoms with Gasteiger partial charge in [-0.25, -0.2) is 9.78 Å². The molecule has 0 saturated carbocycles. The van der Waals surface area contributed by atoms with Crippen LogP contribution in [0.1, 0.15) is 5.69 Å². The van der Waals surface area contributed by atoms with Crippen molar-refractivity contribution in [3.05, 3.63) is 24.0 Å². The van der Waals surface area contributed by atoms with Crippen molar-refractivity contribution in [2.45, 2.75) is 0 Å². The van der Waals surface area contributed by atoms with Crippen molar-refractivity contribution in [3.8, 4) is 0 Å². The second-order valence-electron chi connectivity index (χ2n) is 2.26.